The van der Waals surface area contributed by atoms with Gasteiger partial charge in [-0.15, -0.1) is 0 Å². The molecule has 0 unspecified atom stereocenters. The number of rotatable bonds is 4. The van der Waals surface area contributed by atoms with Gasteiger partial charge in [0.2, 0.25) is 0 Å². The molecule has 2 heterocycles. The molecule has 0 aliphatic carbocycles. The number of nitrogens with zero attached hydrogens (tertiary/aromatic N) is 5. The minimum absolute atomic E-state index is 0.0814. The number of nitrogens with one attached hydrogen (secondary N) is 1. The molecule has 1 aliphatic rings. The molecule has 0 amide bonds. The van der Waals surface area contributed by atoms with Gasteiger partial charge in [-0.25, -0.2) is 9.97 Å². The van der Waals surface area contributed by atoms with E-state index in [1.165, 1.54) is 6.33 Å². The second-order valence-electron chi connectivity index (χ2n) is 6.62. The number of fused-ring (bicyclic) bond motifs is 1. The third kappa shape index (κ3) is 3.52. The number of nitro benzene ring substituents is 1. The zero-order chi connectivity index (χ0) is 18.8. The van der Waals surface area contributed by atoms with Crippen LogP contribution in [0.1, 0.15) is 0 Å². The summed E-state index contributed by atoms with van der Waals surface area (Å²) in [6.07, 6.45) is 1.48. The fourth-order valence-electron chi connectivity index (χ4n) is 3.29. The van der Waals surface area contributed by atoms with Gasteiger partial charge in [0.25, 0.3) is 5.69 Å². The molecule has 1 N–H and O–H groups in total. The minimum atomic E-state index is -0.327. The Labute approximate surface area is 156 Å². The van der Waals surface area contributed by atoms with Gasteiger partial charge in [-0.05, 0) is 25.2 Å². The zero-order valence-corrected chi connectivity index (χ0v) is 15.0. The highest BCUT2D eigenvalue weighted by Gasteiger charge is 2.24. The standard InChI is InChI=1S/C19H20N6O2/c1-23-7-9-24(10-8-23)17-12-16-15(11-18(17)25(26)27)19(21-13-20-16)22-14-5-3-2-4-6-14/h2-6,11-13H,7-10H2,1H3,(H,20,21,22). The summed E-state index contributed by atoms with van der Waals surface area (Å²) in [7, 11) is 2.06. The van der Waals surface area contributed by atoms with E-state index in [2.05, 4.69) is 32.1 Å². The molecular weight excluding hydrogens is 344 g/mol. The Morgan fingerprint density at radius 3 is 2.52 bits per heavy atom. The normalized spacial score (nSPS) is 15.1. The Bertz CT molecular complexity index is 971. The van der Waals surface area contributed by atoms with E-state index in [0.29, 0.717) is 22.4 Å². The lowest BCUT2D eigenvalue weighted by atomic mass is 10.1. The maximum atomic E-state index is 11.7. The van der Waals surface area contributed by atoms with Crippen molar-refractivity contribution in [2.45, 2.75) is 0 Å². The number of nitro groups is 1. The molecule has 0 bridgehead atoms. The van der Waals surface area contributed by atoms with E-state index in [0.717, 1.165) is 31.9 Å². The van der Waals surface area contributed by atoms with E-state index in [4.69, 9.17) is 0 Å². The van der Waals surface area contributed by atoms with Crippen molar-refractivity contribution in [2.24, 2.45) is 0 Å². The smallest absolute Gasteiger partial charge is 0.293 e. The quantitative estimate of drug-likeness (QED) is 0.562. The average molecular weight is 364 g/mol. The van der Waals surface area contributed by atoms with Gasteiger partial charge in [0, 0.05) is 43.3 Å². The molecule has 8 nitrogen and oxygen atoms in total. The molecule has 0 saturated carbocycles. The first-order valence-electron chi connectivity index (χ1n) is 8.80. The van der Waals surface area contributed by atoms with Gasteiger partial charge in [-0.2, -0.15) is 0 Å². The van der Waals surface area contributed by atoms with Crippen LogP contribution < -0.4 is 10.2 Å². The summed E-state index contributed by atoms with van der Waals surface area (Å²) in [5.74, 6) is 0.555. The van der Waals surface area contributed by atoms with Crippen LogP contribution in [0.2, 0.25) is 0 Å². The molecule has 1 fully saturated rings. The molecule has 2 aromatic carbocycles. The Morgan fingerprint density at radius 1 is 1.07 bits per heavy atom. The van der Waals surface area contributed by atoms with Crippen LogP contribution in [-0.2, 0) is 0 Å². The van der Waals surface area contributed by atoms with Crippen molar-refractivity contribution in [2.75, 3.05) is 43.4 Å². The monoisotopic (exact) mass is 364 g/mol. The fraction of sp³-hybridized carbons (Fsp3) is 0.263. The molecule has 8 heteroatoms. The van der Waals surface area contributed by atoms with Crippen molar-refractivity contribution < 1.29 is 4.92 Å². The summed E-state index contributed by atoms with van der Waals surface area (Å²) in [4.78, 5) is 24.3. The van der Waals surface area contributed by atoms with Gasteiger partial charge >= 0.3 is 0 Å². The average Bonchev–Trinajstić information content (AvgIpc) is 2.68. The molecule has 27 heavy (non-hydrogen) atoms. The number of para-hydroxylation sites is 1. The minimum Gasteiger partial charge on any atom is -0.363 e. The van der Waals surface area contributed by atoms with Gasteiger partial charge in [0.05, 0.1) is 10.4 Å². The van der Waals surface area contributed by atoms with E-state index in [-0.39, 0.29) is 10.6 Å². The first kappa shape index (κ1) is 17.2. The van der Waals surface area contributed by atoms with Gasteiger partial charge < -0.3 is 15.1 Å². The molecule has 1 aromatic heterocycles. The maximum absolute atomic E-state index is 11.7. The number of hydrogen-bond donors (Lipinski definition) is 1. The Morgan fingerprint density at radius 2 is 1.81 bits per heavy atom. The third-order valence-corrected chi connectivity index (χ3v) is 4.81. The van der Waals surface area contributed by atoms with E-state index < -0.39 is 0 Å². The second-order valence-corrected chi connectivity index (χ2v) is 6.62. The molecule has 3 aromatic rings. The van der Waals surface area contributed by atoms with Crippen LogP contribution in [0.5, 0.6) is 0 Å². The predicted molar refractivity (Wildman–Crippen MR) is 106 cm³/mol. The van der Waals surface area contributed by atoms with Crippen LogP contribution in [0, 0.1) is 10.1 Å². The molecular formula is C19H20N6O2. The van der Waals surface area contributed by atoms with Crippen molar-refractivity contribution in [3.8, 4) is 0 Å². The molecule has 0 atom stereocenters. The highest BCUT2D eigenvalue weighted by atomic mass is 16.6. The lowest BCUT2D eigenvalue weighted by molar-refractivity contribution is -0.384. The first-order chi connectivity index (χ1) is 13.1. The van der Waals surface area contributed by atoms with Crippen LogP contribution in [0.4, 0.5) is 22.9 Å². The zero-order valence-electron chi connectivity index (χ0n) is 15.0. The molecule has 0 radical (unpaired) electrons. The van der Waals surface area contributed by atoms with Crippen molar-refractivity contribution >= 4 is 33.8 Å². The topological polar surface area (TPSA) is 87.4 Å². The molecule has 4 rings (SSSR count). The van der Waals surface area contributed by atoms with E-state index in [9.17, 15) is 10.1 Å². The van der Waals surface area contributed by atoms with Crippen LogP contribution >= 0.6 is 0 Å². The third-order valence-electron chi connectivity index (χ3n) is 4.81. The lowest BCUT2D eigenvalue weighted by Gasteiger charge is -2.33. The number of benzene rings is 2. The highest BCUT2D eigenvalue weighted by molar-refractivity contribution is 5.95. The van der Waals surface area contributed by atoms with Crippen molar-refractivity contribution in [1.82, 2.24) is 14.9 Å². The van der Waals surface area contributed by atoms with Crippen molar-refractivity contribution in [3.05, 3.63) is 58.9 Å². The van der Waals surface area contributed by atoms with Crippen LogP contribution in [0.3, 0.4) is 0 Å². The summed E-state index contributed by atoms with van der Waals surface area (Å²) in [6, 6.07) is 13.0. The number of aromatic nitrogens is 2. The number of piperazine rings is 1. The first-order valence-corrected chi connectivity index (χ1v) is 8.80. The Kier molecular flexibility index (Phi) is 4.55. The van der Waals surface area contributed by atoms with Crippen LogP contribution in [0.25, 0.3) is 10.9 Å². The number of hydrogen-bond acceptors (Lipinski definition) is 7. The van der Waals surface area contributed by atoms with Crippen LogP contribution in [0.15, 0.2) is 48.8 Å². The van der Waals surface area contributed by atoms with Crippen molar-refractivity contribution in [1.29, 1.82) is 0 Å². The fourth-order valence-corrected chi connectivity index (χ4v) is 3.29. The summed E-state index contributed by atoms with van der Waals surface area (Å²) in [6.45, 7) is 3.26. The highest BCUT2D eigenvalue weighted by Crippen LogP contribution is 2.35. The molecule has 1 saturated heterocycles. The SMILES string of the molecule is CN1CCN(c2cc3ncnc(Nc4ccccc4)c3cc2[N+](=O)[O-])CC1. The van der Waals surface area contributed by atoms with E-state index in [1.54, 1.807) is 12.1 Å². The number of anilines is 3. The Hall–Kier alpha value is -3.26. The van der Waals surface area contributed by atoms with Crippen LogP contribution in [-0.4, -0.2) is 53.0 Å². The van der Waals surface area contributed by atoms with Crippen molar-refractivity contribution in [3.63, 3.8) is 0 Å². The summed E-state index contributed by atoms with van der Waals surface area (Å²) in [5, 5.41) is 15.6. The summed E-state index contributed by atoms with van der Waals surface area (Å²) in [5.41, 5.74) is 2.24. The summed E-state index contributed by atoms with van der Waals surface area (Å²) < 4.78 is 0. The molecule has 0 spiro atoms. The lowest BCUT2D eigenvalue weighted by Crippen LogP contribution is -2.44. The van der Waals surface area contributed by atoms with Gasteiger partial charge in [0.1, 0.15) is 17.8 Å². The van der Waals surface area contributed by atoms with Gasteiger partial charge in [-0.3, -0.25) is 10.1 Å². The van der Waals surface area contributed by atoms with Gasteiger partial charge in [-0.1, -0.05) is 18.2 Å². The second kappa shape index (κ2) is 7.16. The van der Waals surface area contributed by atoms with Gasteiger partial charge in [0.15, 0.2) is 0 Å². The van der Waals surface area contributed by atoms with E-state index in [1.807, 2.05) is 30.3 Å². The molecule has 138 valence electrons. The Balaban J connectivity index is 1.78. The maximum Gasteiger partial charge on any atom is 0.293 e. The summed E-state index contributed by atoms with van der Waals surface area (Å²) >= 11 is 0. The van der Waals surface area contributed by atoms with E-state index >= 15 is 0 Å². The largest absolute Gasteiger partial charge is 0.363 e. The predicted octanol–water partition coefficient (Wildman–Crippen LogP) is 3.03. The number of likely N-dealkylation sites (N-methyl/N-ethyl adjacent to an activating group) is 1. The molecule has 1 aliphatic heterocycles.